The Labute approximate surface area is 224 Å². The summed E-state index contributed by atoms with van der Waals surface area (Å²) < 4.78 is 0. The van der Waals surface area contributed by atoms with Crippen molar-refractivity contribution in [1.82, 2.24) is 0 Å². The van der Waals surface area contributed by atoms with Gasteiger partial charge in [0.15, 0.2) is 0 Å². The molecule has 0 saturated heterocycles. The molecule has 198 valence electrons. The third kappa shape index (κ3) is 11.8. The van der Waals surface area contributed by atoms with Crippen LogP contribution in [0.25, 0.3) is 0 Å². The maximum Gasteiger partial charge on any atom is 0.242 e. The summed E-state index contributed by atoms with van der Waals surface area (Å²) in [5.74, 6) is 0.419. The van der Waals surface area contributed by atoms with E-state index in [0.717, 1.165) is 24.2 Å². The van der Waals surface area contributed by atoms with Crippen molar-refractivity contribution < 1.29 is 9.59 Å². The number of aryl methyl sites for hydroxylation is 2. The van der Waals surface area contributed by atoms with Gasteiger partial charge < -0.3 is 22.1 Å². The summed E-state index contributed by atoms with van der Waals surface area (Å²) in [6.07, 6.45) is 9.34. The number of amides is 2. The highest BCUT2D eigenvalue weighted by molar-refractivity contribution is 8.76. The van der Waals surface area contributed by atoms with Gasteiger partial charge in [0.2, 0.25) is 11.8 Å². The molecule has 2 aromatic rings. The van der Waals surface area contributed by atoms with Crippen molar-refractivity contribution in [3.8, 4) is 0 Å². The maximum absolute atomic E-state index is 12.4. The summed E-state index contributed by atoms with van der Waals surface area (Å²) in [6, 6.07) is 14.6. The standard InChI is InChI=1S/C28H42N4O2S2/c1-3-5-7-9-21-11-15-23(16-12-21)31-27(33)25(29)19-35-36-20-26(30)28(34)32-24-17-13-22(14-18-24)10-8-6-4-2/h11-18,25-26H,3-10,19-20,29-30H2,1-2H3,(H,31,33)(H,32,34). The lowest BCUT2D eigenvalue weighted by Crippen LogP contribution is -2.38. The molecule has 0 heterocycles. The lowest BCUT2D eigenvalue weighted by molar-refractivity contribution is -0.117. The number of rotatable bonds is 17. The first kappa shape index (κ1) is 30.2. The molecule has 6 N–H and O–H groups in total. The minimum atomic E-state index is -0.646. The second-order valence-electron chi connectivity index (χ2n) is 9.07. The highest BCUT2D eigenvalue weighted by atomic mass is 33.1. The normalized spacial score (nSPS) is 12.7. The van der Waals surface area contributed by atoms with Crippen LogP contribution in [0.15, 0.2) is 48.5 Å². The Balaban J connectivity index is 1.64. The number of nitrogens with one attached hydrogen (secondary N) is 2. The monoisotopic (exact) mass is 530 g/mol. The van der Waals surface area contributed by atoms with Gasteiger partial charge in [-0.2, -0.15) is 0 Å². The molecule has 0 saturated carbocycles. The zero-order chi connectivity index (χ0) is 26.2. The highest BCUT2D eigenvalue weighted by Gasteiger charge is 2.17. The van der Waals surface area contributed by atoms with Gasteiger partial charge in [-0.1, -0.05) is 85.4 Å². The van der Waals surface area contributed by atoms with Crippen molar-refractivity contribution >= 4 is 44.8 Å². The molecule has 6 nitrogen and oxygen atoms in total. The number of hydrogen-bond donors (Lipinski definition) is 4. The third-order valence-electron chi connectivity index (χ3n) is 5.83. The Morgan fingerprint density at radius 2 is 1.03 bits per heavy atom. The summed E-state index contributed by atoms with van der Waals surface area (Å²) in [7, 11) is 2.90. The van der Waals surface area contributed by atoms with Gasteiger partial charge in [-0.3, -0.25) is 9.59 Å². The number of nitrogens with two attached hydrogens (primary N) is 2. The van der Waals surface area contributed by atoms with E-state index in [1.54, 1.807) is 0 Å². The fourth-order valence-electron chi connectivity index (χ4n) is 3.53. The van der Waals surface area contributed by atoms with Crippen LogP contribution in [0.2, 0.25) is 0 Å². The van der Waals surface area contributed by atoms with Crippen LogP contribution in [0.3, 0.4) is 0 Å². The van der Waals surface area contributed by atoms with Crippen LogP contribution in [0.1, 0.15) is 63.5 Å². The van der Waals surface area contributed by atoms with Crippen LogP contribution in [-0.2, 0) is 22.4 Å². The van der Waals surface area contributed by atoms with E-state index in [4.69, 9.17) is 11.5 Å². The van der Waals surface area contributed by atoms with Crippen LogP contribution in [-0.4, -0.2) is 35.4 Å². The predicted molar refractivity (Wildman–Crippen MR) is 157 cm³/mol. The largest absolute Gasteiger partial charge is 0.325 e. The Morgan fingerprint density at radius 3 is 1.36 bits per heavy atom. The first-order valence-electron chi connectivity index (χ1n) is 13.0. The van der Waals surface area contributed by atoms with E-state index in [1.165, 1.54) is 71.2 Å². The van der Waals surface area contributed by atoms with Crippen molar-refractivity contribution in [1.29, 1.82) is 0 Å². The van der Waals surface area contributed by atoms with Gasteiger partial charge in [0.25, 0.3) is 0 Å². The maximum atomic E-state index is 12.4. The summed E-state index contributed by atoms with van der Waals surface area (Å²) in [5.41, 5.74) is 16.1. The fraction of sp³-hybridized carbons (Fsp3) is 0.500. The molecule has 2 aromatic carbocycles. The van der Waals surface area contributed by atoms with Crippen molar-refractivity contribution in [2.24, 2.45) is 11.5 Å². The number of benzene rings is 2. The van der Waals surface area contributed by atoms with Gasteiger partial charge >= 0.3 is 0 Å². The van der Waals surface area contributed by atoms with E-state index in [2.05, 4.69) is 48.7 Å². The molecular formula is C28H42N4O2S2. The Hall–Kier alpha value is -2.00. The van der Waals surface area contributed by atoms with E-state index < -0.39 is 12.1 Å². The molecule has 2 unspecified atom stereocenters. The molecule has 36 heavy (non-hydrogen) atoms. The average Bonchev–Trinajstić information content (AvgIpc) is 2.88. The average molecular weight is 531 g/mol. The molecular weight excluding hydrogens is 488 g/mol. The highest BCUT2D eigenvalue weighted by Crippen LogP contribution is 2.23. The summed E-state index contributed by atoms with van der Waals surface area (Å²) in [5, 5.41) is 5.75. The molecule has 2 rings (SSSR count). The Morgan fingerprint density at radius 1 is 0.667 bits per heavy atom. The zero-order valence-corrected chi connectivity index (χ0v) is 23.3. The van der Waals surface area contributed by atoms with Crippen LogP contribution in [0.5, 0.6) is 0 Å². The van der Waals surface area contributed by atoms with Gasteiger partial charge in [-0.15, -0.1) is 0 Å². The van der Waals surface area contributed by atoms with E-state index in [0.29, 0.717) is 11.5 Å². The summed E-state index contributed by atoms with van der Waals surface area (Å²) in [6.45, 7) is 4.39. The van der Waals surface area contributed by atoms with Crippen LogP contribution in [0, 0.1) is 0 Å². The molecule has 0 fully saturated rings. The number of unbranched alkanes of at least 4 members (excludes halogenated alkanes) is 4. The van der Waals surface area contributed by atoms with Crippen LogP contribution in [0.4, 0.5) is 11.4 Å². The smallest absolute Gasteiger partial charge is 0.242 e. The van der Waals surface area contributed by atoms with Crippen LogP contribution < -0.4 is 22.1 Å². The minimum Gasteiger partial charge on any atom is -0.325 e. The summed E-state index contributed by atoms with van der Waals surface area (Å²) in [4.78, 5) is 24.8. The molecule has 2 atom stereocenters. The second kappa shape index (κ2) is 17.5. The van der Waals surface area contributed by atoms with E-state index in [1.807, 2.05) is 24.3 Å². The van der Waals surface area contributed by atoms with Gasteiger partial charge in [0, 0.05) is 22.9 Å². The van der Waals surface area contributed by atoms with Gasteiger partial charge in [0.05, 0.1) is 12.1 Å². The zero-order valence-electron chi connectivity index (χ0n) is 21.6. The molecule has 2 amide bonds. The quantitative estimate of drug-likeness (QED) is 0.153. The Bertz CT molecular complexity index is 831. The molecule has 0 aliphatic carbocycles. The van der Waals surface area contributed by atoms with Crippen molar-refractivity contribution in [2.45, 2.75) is 77.3 Å². The SMILES string of the molecule is CCCCCc1ccc(NC(=O)C(N)CSSCC(N)C(=O)Nc2ccc(CCCCC)cc2)cc1. The lowest BCUT2D eigenvalue weighted by atomic mass is 10.1. The van der Waals surface area contributed by atoms with E-state index in [-0.39, 0.29) is 11.8 Å². The molecule has 0 aromatic heterocycles. The first-order chi connectivity index (χ1) is 17.4. The van der Waals surface area contributed by atoms with E-state index in [9.17, 15) is 9.59 Å². The fourth-order valence-corrected chi connectivity index (χ4v) is 5.78. The number of hydrogen-bond acceptors (Lipinski definition) is 6. The first-order valence-corrected chi connectivity index (χ1v) is 15.5. The molecule has 0 bridgehead atoms. The second-order valence-corrected chi connectivity index (χ2v) is 11.6. The number of carbonyl (C=O) groups is 2. The van der Waals surface area contributed by atoms with Gasteiger partial charge in [-0.05, 0) is 61.1 Å². The Kier molecular flexibility index (Phi) is 14.7. The van der Waals surface area contributed by atoms with Crippen molar-refractivity contribution in [3.05, 3.63) is 59.7 Å². The van der Waals surface area contributed by atoms with Crippen molar-refractivity contribution in [3.63, 3.8) is 0 Å². The molecule has 8 heteroatoms. The van der Waals surface area contributed by atoms with Crippen LogP contribution >= 0.6 is 21.6 Å². The molecule has 0 aliphatic heterocycles. The van der Waals surface area contributed by atoms with E-state index >= 15 is 0 Å². The molecule has 0 spiro atoms. The molecule has 0 aliphatic rings. The van der Waals surface area contributed by atoms with Crippen molar-refractivity contribution in [2.75, 3.05) is 22.1 Å². The number of carbonyl (C=O) groups excluding carboxylic acids is 2. The third-order valence-corrected chi connectivity index (χ3v) is 8.31. The predicted octanol–water partition coefficient (Wildman–Crippen LogP) is 5.77. The lowest BCUT2D eigenvalue weighted by Gasteiger charge is -2.14. The van der Waals surface area contributed by atoms with Gasteiger partial charge in [-0.25, -0.2) is 0 Å². The molecule has 0 radical (unpaired) electrons. The summed E-state index contributed by atoms with van der Waals surface area (Å²) >= 11 is 0. The number of anilines is 2. The topological polar surface area (TPSA) is 110 Å². The van der Waals surface area contributed by atoms with Gasteiger partial charge in [0.1, 0.15) is 0 Å². The minimum absolute atomic E-state index is 0.220.